The van der Waals surface area contributed by atoms with Crippen molar-refractivity contribution < 1.29 is 9.53 Å². The van der Waals surface area contributed by atoms with Crippen molar-refractivity contribution in [2.24, 2.45) is 0 Å². The number of unbranched alkanes of at least 4 members (excludes halogenated alkanes) is 6. The summed E-state index contributed by atoms with van der Waals surface area (Å²) in [5, 5.41) is 0. The molecule has 0 atom stereocenters. The van der Waals surface area contributed by atoms with Crippen LogP contribution in [0.15, 0.2) is 11.6 Å². The SMILES string of the molecule is CC/C=C(\CCCCCC)C(=O)OCCCCCC. The van der Waals surface area contributed by atoms with Crippen LogP contribution < -0.4 is 0 Å². The molecule has 19 heavy (non-hydrogen) atoms. The number of esters is 1. The van der Waals surface area contributed by atoms with Crippen LogP contribution in [-0.4, -0.2) is 12.6 Å². The standard InChI is InChI=1S/C17H32O2/c1-4-7-9-11-14-16(13-6-3)17(18)19-15-12-10-8-5-2/h13H,4-12,14-15H2,1-3H3/b16-13+. The van der Waals surface area contributed by atoms with Gasteiger partial charge in [0.05, 0.1) is 6.61 Å². The van der Waals surface area contributed by atoms with E-state index in [1.807, 2.05) is 6.08 Å². The van der Waals surface area contributed by atoms with Gasteiger partial charge in [0.2, 0.25) is 0 Å². The number of rotatable bonds is 12. The van der Waals surface area contributed by atoms with Gasteiger partial charge in [-0.15, -0.1) is 0 Å². The Labute approximate surface area is 119 Å². The summed E-state index contributed by atoms with van der Waals surface area (Å²) in [5.74, 6) is -0.0881. The zero-order chi connectivity index (χ0) is 14.3. The van der Waals surface area contributed by atoms with Gasteiger partial charge in [-0.3, -0.25) is 0 Å². The Balaban J connectivity index is 3.88. The predicted octanol–water partition coefficient (Wildman–Crippen LogP) is 5.42. The van der Waals surface area contributed by atoms with E-state index in [2.05, 4.69) is 20.8 Å². The number of carbonyl (C=O) groups is 1. The Hall–Kier alpha value is -0.790. The van der Waals surface area contributed by atoms with Gasteiger partial charge in [-0.1, -0.05) is 65.4 Å². The van der Waals surface area contributed by atoms with E-state index in [0.717, 1.165) is 37.7 Å². The highest BCUT2D eigenvalue weighted by Gasteiger charge is 2.09. The molecule has 0 rings (SSSR count). The summed E-state index contributed by atoms with van der Waals surface area (Å²) in [4.78, 5) is 11.9. The smallest absolute Gasteiger partial charge is 0.333 e. The molecule has 0 aromatic carbocycles. The van der Waals surface area contributed by atoms with E-state index in [-0.39, 0.29) is 5.97 Å². The lowest BCUT2D eigenvalue weighted by atomic mass is 10.1. The molecule has 2 heteroatoms. The van der Waals surface area contributed by atoms with Gasteiger partial charge < -0.3 is 4.74 Å². The second-order valence-corrected chi connectivity index (χ2v) is 5.14. The van der Waals surface area contributed by atoms with Crippen LogP contribution in [0.25, 0.3) is 0 Å². The lowest BCUT2D eigenvalue weighted by molar-refractivity contribution is -0.139. The lowest BCUT2D eigenvalue weighted by Crippen LogP contribution is -2.09. The zero-order valence-corrected chi connectivity index (χ0v) is 13.2. The maximum absolute atomic E-state index is 11.9. The van der Waals surface area contributed by atoms with Gasteiger partial charge in [0.15, 0.2) is 0 Å². The molecule has 0 fully saturated rings. The first kappa shape index (κ1) is 18.2. The van der Waals surface area contributed by atoms with Gasteiger partial charge in [-0.25, -0.2) is 4.79 Å². The quantitative estimate of drug-likeness (QED) is 0.268. The van der Waals surface area contributed by atoms with Crippen molar-refractivity contribution in [3.05, 3.63) is 11.6 Å². The van der Waals surface area contributed by atoms with Gasteiger partial charge in [0.25, 0.3) is 0 Å². The fourth-order valence-corrected chi connectivity index (χ4v) is 2.06. The van der Waals surface area contributed by atoms with E-state index in [9.17, 15) is 4.79 Å². The maximum atomic E-state index is 11.9. The summed E-state index contributed by atoms with van der Waals surface area (Å²) in [6.07, 6.45) is 13.2. The summed E-state index contributed by atoms with van der Waals surface area (Å²) >= 11 is 0. The minimum absolute atomic E-state index is 0.0881. The molecule has 0 amide bonds. The first-order valence-electron chi connectivity index (χ1n) is 8.12. The summed E-state index contributed by atoms with van der Waals surface area (Å²) in [6, 6.07) is 0. The fourth-order valence-electron chi connectivity index (χ4n) is 2.06. The molecule has 2 nitrogen and oxygen atoms in total. The Morgan fingerprint density at radius 1 is 0.895 bits per heavy atom. The molecule has 0 saturated carbocycles. The number of allylic oxidation sites excluding steroid dienone is 1. The lowest BCUT2D eigenvalue weighted by Gasteiger charge is -2.08. The molecule has 0 spiro atoms. The third kappa shape index (κ3) is 10.8. The summed E-state index contributed by atoms with van der Waals surface area (Å²) in [5.41, 5.74) is 0.883. The van der Waals surface area contributed by atoms with Gasteiger partial charge in [-0.2, -0.15) is 0 Å². The first-order chi connectivity index (χ1) is 9.26. The van der Waals surface area contributed by atoms with Crippen molar-refractivity contribution in [3.63, 3.8) is 0 Å². The molecule has 0 aromatic heterocycles. The van der Waals surface area contributed by atoms with Crippen molar-refractivity contribution in [1.29, 1.82) is 0 Å². The minimum atomic E-state index is -0.0881. The molecule has 0 aliphatic heterocycles. The van der Waals surface area contributed by atoms with E-state index in [1.165, 1.54) is 32.1 Å². The molecular formula is C17H32O2. The summed E-state index contributed by atoms with van der Waals surface area (Å²) in [6.45, 7) is 7.03. The van der Waals surface area contributed by atoms with Crippen LogP contribution in [0.5, 0.6) is 0 Å². The highest BCUT2D eigenvalue weighted by atomic mass is 16.5. The number of hydrogen-bond acceptors (Lipinski definition) is 2. The normalized spacial score (nSPS) is 11.6. The fraction of sp³-hybridized carbons (Fsp3) is 0.824. The van der Waals surface area contributed by atoms with E-state index < -0.39 is 0 Å². The highest BCUT2D eigenvalue weighted by molar-refractivity contribution is 5.88. The molecule has 0 heterocycles. The number of carbonyl (C=O) groups excluding carboxylic acids is 1. The maximum Gasteiger partial charge on any atom is 0.333 e. The van der Waals surface area contributed by atoms with Crippen molar-refractivity contribution >= 4 is 5.97 Å². The Morgan fingerprint density at radius 2 is 1.53 bits per heavy atom. The Kier molecular flexibility index (Phi) is 13.1. The highest BCUT2D eigenvalue weighted by Crippen LogP contribution is 2.13. The van der Waals surface area contributed by atoms with Crippen LogP contribution >= 0.6 is 0 Å². The van der Waals surface area contributed by atoms with Crippen molar-refractivity contribution in [3.8, 4) is 0 Å². The Bertz CT molecular complexity index is 244. The molecule has 0 aliphatic carbocycles. The molecule has 112 valence electrons. The molecule has 0 radical (unpaired) electrons. The van der Waals surface area contributed by atoms with Crippen LogP contribution in [-0.2, 0) is 9.53 Å². The summed E-state index contributed by atoms with van der Waals surface area (Å²) < 4.78 is 5.35. The van der Waals surface area contributed by atoms with Crippen molar-refractivity contribution in [2.75, 3.05) is 6.61 Å². The molecule has 0 unspecified atom stereocenters. The monoisotopic (exact) mass is 268 g/mol. The van der Waals surface area contributed by atoms with Gasteiger partial charge in [-0.05, 0) is 25.7 Å². The van der Waals surface area contributed by atoms with Gasteiger partial charge in [0, 0.05) is 5.57 Å². The summed E-state index contributed by atoms with van der Waals surface area (Å²) in [7, 11) is 0. The molecule has 0 N–H and O–H groups in total. The van der Waals surface area contributed by atoms with Gasteiger partial charge in [0.1, 0.15) is 0 Å². The van der Waals surface area contributed by atoms with Crippen LogP contribution in [0.1, 0.15) is 85.0 Å². The minimum Gasteiger partial charge on any atom is -0.462 e. The average Bonchev–Trinajstić information content (AvgIpc) is 2.42. The third-order valence-electron chi connectivity index (χ3n) is 3.24. The second kappa shape index (κ2) is 13.6. The van der Waals surface area contributed by atoms with Crippen molar-refractivity contribution in [2.45, 2.75) is 85.0 Å². The van der Waals surface area contributed by atoms with E-state index in [1.54, 1.807) is 0 Å². The molecule has 0 saturated heterocycles. The largest absolute Gasteiger partial charge is 0.462 e. The predicted molar refractivity (Wildman–Crippen MR) is 82.2 cm³/mol. The first-order valence-corrected chi connectivity index (χ1v) is 8.12. The second-order valence-electron chi connectivity index (χ2n) is 5.14. The third-order valence-corrected chi connectivity index (χ3v) is 3.24. The topological polar surface area (TPSA) is 26.3 Å². The molecule has 0 aromatic rings. The van der Waals surface area contributed by atoms with Crippen LogP contribution in [0.3, 0.4) is 0 Å². The average molecular weight is 268 g/mol. The zero-order valence-electron chi connectivity index (χ0n) is 13.2. The van der Waals surface area contributed by atoms with Gasteiger partial charge >= 0.3 is 5.97 Å². The molecular weight excluding hydrogens is 236 g/mol. The van der Waals surface area contributed by atoms with Crippen LogP contribution in [0.4, 0.5) is 0 Å². The van der Waals surface area contributed by atoms with Crippen molar-refractivity contribution in [1.82, 2.24) is 0 Å². The van der Waals surface area contributed by atoms with Crippen LogP contribution in [0, 0.1) is 0 Å². The van der Waals surface area contributed by atoms with E-state index >= 15 is 0 Å². The number of ether oxygens (including phenoxy) is 1. The molecule has 0 bridgehead atoms. The van der Waals surface area contributed by atoms with E-state index in [0.29, 0.717) is 6.61 Å². The number of hydrogen-bond donors (Lipinski definition) is 0. The van der Waals surface area contributed by atoms with Crippen LogP contribution in [0.2, 0.25) is 0 Å². The van der Waals surface area contributed by atoms with E-state index in [4.69, 9.17) is 4.74 Å². The Morgan fingerprint density at radius 3 is 2.11 bits per heavy atom. The molecule has 0 aliphatic rings.